The average Bonchev–Trinajstić information content (AvgIpc) is 3.17. The summed E-state index contributed by atoms with van der Waals surface area (Å²) in [6, 6.07) is 10.0. The van der Waals surface area contributed by atoms with Gasteiger partial charge in [0.05, 0.1) is 20.1 Å². The van der Waals surface area contributed by atoms with Crippen LogP contribution >= 0.6 is 0 Å². The molecule has 0 saturated heterocycles. The number of fused-ring (bicyclic) bond motifs is 2. The second-order valence-electron chi connectivity index (χ2n) is 7.19. The lowest BCUT2D eigenvalue weighted by molar-refractivity contribution is -0.126. The summed E-state index contributed by atoms with van der Waals surface area (Å²) in [6.07, 6.45) is 4.06. The third-order valence-corrected chi connectivity index (χ3v) is 5.49. The third-order valence-electron chi connectivity index (χ3n) is 5.49. The zero-order valence-corrected chi connectivity index (χ0v) is 15.8. The number of benzene rings is 2. The van der Waals surface area contributed by atoms with Crippen molar-refractivity contribution in [1.82, 2.24) is 5.32 Å². The Kier molecular flexibility index (Phi) is 4.92. The highest BCUT2D eigenvalue weighted by atomic mass is 16.5. The molecule has 1 atom stereocenters. The van der Waals surface area contributed by atoms with Gasteiger partial charge in [-0.15, -0.1) is 0 Å². The van der Waals surface area contributed by atoms with E-state index in [1.165, 1.54) is 17.5 Å². The van der Waals surface area contributed by atoms with Crippen molar-refractivity contribution < 1.29 is 19.0 Å². The molecule has 142 valence electrons. The van der Waals surface area contributed by atoms with Gasteiger partial charge in [-0.25, -0.2) is 0 Å². The average molecular weight is 367 g/mol. The lowest BCUT2D eigenvalue weighted by Gasteiger charge is -2.25. The Hall–Kier alpha value is -2.69. The molecule has 1 N–H and O–H groups in total. The highest BCUT2D eigenvalue weighted by Gasteiger charge is 2.26. The van der Waals surface area contributed by atoms with Crippen LogP contribution in [-0.4, -0.2) is 26.7 Å². The molecule has 27 heavy (non-hydrogen) atoms. The molecule has 1 amide bonds. The van der Waals surface area contributed by atoms with Gasteiger partial charge in [0.15, 0.2) is 0 Å². The zero-order valence-electron chi connectivity index (χ0n) is 15.8. The van der Waals surface area contributed by atoms with Crippen LogP contribution in [0.3, 0.4) is 0 Å². The highest BCUT2D eigenvalue weighted by Crippen LogP contribution is 2.32. The molecule has 1 heterocycles. The van der Waals surface area contributed by atoms with Gasteiger partial charge in [-0.3, -0.25) is 4.79 Å². The van der Waals surface area contributed by atoms with Crippen LogP contribution in [0, 0.1) is 5.92 Å². The van der Waals surface area contributed by atoms with Crippen LogP contribution in [0.1, 0.15) is 28.7 Å². The lowest BCUT2D eigenvalue weighted by Crippen LogP contribution is -2.37. The lowest BCUT2D eigenvalue weighted by atomic mass is 9.95. The van der Waals surface area contributed by atoms with Crippen molar-refractivity contribution in [3.63, 3.8) is 0 Å². The van der Waals surface area contributed by atoms with E-state index in [2.05, 4.69) is 17.4 Å². The maximum Gasteiger partial charge on any atom is 0.227 e. The number of methoxy groups -OCH3 is 2. The van der Waals surface area contributed by atoms with E-state index in [1.807, 2.05) is 18.2 Å². The molecule has 0 radical (unpaired) electrons. The van der Waals surface area contributed by atoms with E-state index in [-0.39, 0.29) is 11.8 Å². The fourth-order valence-corrected chi connectivity index (χ4v) is 3.97. The van der Waals surface area contributed by atoms with Crippen molar-refractivity contribution in [3.8, 4) is 17.2 Å². The number of hydrogen-bond donors (Lipinski definition) is 1. The van der Waals surface area contributed by atoms with Gasteiger partial charge >= 0.3 is 0 Å². The number of carbonyl (C=O) groups is 1. The second kappa shape index (κ2) is 7.51. The first-order valence-electron chi connectivity index (χ1n) is 9.44. The fourth-order valence-electron chi connectivity index (χ4n) is 3.97. The number of carbonyl (C=O) groups excluding carboxylic acids is 1. The van der Waals surface area contributed by atoms with E-state index < -0.39 is 0 Å². The van der Waals surface area contributed by atoms with Gasteiger partial charge in [-0.1, -0.05) is 6.07 Å². The Balaban J connectivity index is 1.43. The van der Waals surface area contributed by atoms with Crippen LogP contribution in [-0.2, 0) is 30.6 Å². The first-order valence-corrected chi connectivity index (χ1v) is 9.44. The van der Waals surface area contributed by atoms with Crippen LogP contribution in [0.4, 0.5) is 0 Å². The predicted octanol–water partition coefficient (Wildman–Crippen LogP) is 3.06. The second-order valence-corrected chi connectivity index (χ2v) is 7.19. The molecule has 2 aromatic carbocycles. The van der Waals surface area contributed by atoms with Crippen molar-refractivity contribution in [2.45, 2.75) is 32.2 Å². The molecule has 4 rings (SSSR count). The van der Waals surface area contributed by atoms with Gasteiger partial charge in [0.1, 0.15) is 23.9 Å². The highest BCUT2D eigenvalue weighted by molar-refractivity contribution is 5.79. The SMILES string of the molecule is COc1ccc2c(c1)CC(C(=O)NCc1cc3c(cc1OC)CCC3)CO2. The summed E-state index contributed by atoms with van der Waals surface area (Å²) in [6.45, 7) is 0.864. The van der Waals surface area contributed by atoms with Gasteiger partial charge in [-0.05, 0) is 66.6 Å². The molecule has 0 spiro atoms. The van der Waals surface area contributed by atoms with Crippen molar-refractivity contribution in [1.29, 1.82) is 0 Å². The Morgan fingerprint density at radius 3 is 2.70 bits per heavy atom. The van der Waals surface area contributed by atoms with Gasteiger partial charge in [0, 0.05) is 12.1 Å². The van der Waals surface area contributed by atoms with Crippen LogP contribution in [0.5, 0.6) is 17.2 Å². The Morgan fingerprint density at radius 1 is 1.11 bits per heavy atom. The zero-order chi connectivity index (χ0) is 18.8. The molecule has 2 aromatic rings. The van der Waals surface area contributed by atoms with Crippen LogP contribution in [0.15, 0.2) is 30.3 Å². The molecule has 0 saturated carbocycles. The summed E-state index contributed by atoms with van der Waals surface area (Å²) in [5, 5.41) is 3.06. The maximum atomic E-state index is 12.7. The van der Waals surface area contributed by atoms with E-state index >= 15 is 0 Å². The molecule has 0 bridgehead atoms. The Bertz CT molecular complexity index is 862. The molecule has 0 aromatic heterocycles. The van der Waals surface area contributed by atoms with Crippen LogP contribution in [0.25, 0.3) is 0 Å². The Labute approximate surface area is 159 Å². The number of hydrogen-bond acceptors (Lipinski definition) is 4. The summed E-state index contributed by atoms with van der Waals surface area (Å²) in [5.41, 5.74) is 4.79. The molecular formula is C22H25NO4. The molecule has 5 heteroatoms. The van der Waals surface area contributed by atoms with Gasteiger partial charge in [0.2, 0.25) is 5.91 Å². The summed E-state index contributed by atoms with van der Waals surface area (Å²) < 4.78 is 16.6. The largest absolute Gasteiger partial charge is 0.497 e. The molecule has 0 fully saturated rings. The van der Waals surface area contributed by atoms with Crippen molar-refractivity contribution in [3.05, 3.63) is 52.6 Å². The first-order chi connectivity index (χ1) is 13.2. The smallest absolute Gasteiger partial charge is 0.227 e. The molecule has 1 unspecified atom stereocenters. The minimum Gasteiger partial charge on any atom is -0.497 e. The summed E-state index contributed by atoms with van der Waals surface area (Å²) in [5.74, 6) is 2.27. The monoisotopic (exact) mass is 367 g/mol. The number of amides is 1. The van der Waals surface area contributed by atoms with Crippen molar-refractivity contribution in [2.75, 3.05) is 20.8 Å². The summed E-state index contributed by atoms with van der Waals surface area (Å²) in [7, 11) is 3.32. The molecule has 5 nitrogen and oxygen atoms in total. The number of ether oxygens (including phenoxy) is 3. The maximum absolute atomic E-state index is 12.7. The van der Waals surface area contributed by atoms with Crippen molar-refractivity contribution in [2.24, 2.45) is 5.92 Å². The van der Waals surface area contributed by atoms with E-state index in [4.69, 9.17) is 14.2 Å². The van der Waals surface area contributed by atoms with Crippen molar-refractivity contribution >= 4 is 5.91 Å². The minimum atomic E-state index is -0.204. The van der Waals surface area contributed by atoms with Gasteiger partial charge < -0.3 is 19.5 Å². The topological polar surface area (TPSA) is 56.8 Å². The summed E-state index contributed by atoms with van der Waals surface area (Å²) >= 11 is 0. The standard InChI is InChI=1S/C22H25NO4/c1-25-19-6-7-20-16(10-19)9-18(13-27-20)22(24)23-12-17-8-14-4-3-5-15(14)11-21(17)26-2/h6-8,10-11,18H,3-5,9,12-13H2,1-2H3,(H,23,24). The van der Waals surface area contributed by atoms with E-state index in [9.17, 15) is 4.79 Å². The van der Waals surface area contributed by atoms with E-state index in [0.717, 1.165) is 41.2 Å². The van der Waals surface area contributed by atoms with Crippen LogP contribution in [0.2, 0.25) is 0 Å². The number of aryl methyl sites for hydroxylation is 2. The first kappa shape index (κ1) is 17.7. The van der Waals surface area contributed by atoms with E-state index in [1.54, 1.807) is 14.2 Å². The van der Waals surface area contributed by atoms with Crippen LogP contribution < -0.4 is 19.5 Å². The van der Waals surface area contributed by atoms with E-state index in [0.29, 0.717) is 19.6 Å². The van der Waals surface area contributed by atoms with Gasteiger partial charge in [0.25, 0.3) is 0 Å². The van der Waals surface area contributed by atoms with Gasteiger partial charge in [-0.2, -0.15) is 0 Å². The number of rotatable bonds is 5. The molecular weight excluding hydrogens is 342 g/mol. The molecule has 1 aliphatic carbocycles. The Morgan fingerprint density at radius 2 is 1.93 bits per heavy atom. The third kappa shape index (κ3) is 3.59. The molecule has 1 aliphatic heterocycles. The summed E-state index contributed by atoms with van der Waals surface area (Å²) in [4.78, 5) is 12.7. The normalized spacial score (nSPS) is 17.5. The minimum absolute atomic E-state index is 0.00558. The number of nitrogens with one attached hydrogen (secondary N) is 1. The predicted molar refractivity (Wildman–Crippen MR) is 103 cm³/mol. The molecule has 2 aliphatic rings. The fraction of sp³-hybridized carbons (Fsp3) is 0.409. The quantitative estimate of drug-likeness (QED) is 0.882.